The van der Waals surface area contributed by atoms with Gasteiger partial charge in [-0.15, -0.1) is 0 Å². The summed E-state index contributed by atoms with van der Waals surface area (Å²) in [6.07, 6.45) is 0. The molecule has 0 unspecified atom stereocenters. The SMILES string of the molecule is COc1cccc(Nc2nc(C)cc(Nc3cccc(F)c3)n2)c1. The van der Waals surface area contributed by atoms with E-state index in [0.29, 0.717) is 17.5 Å². The highest BCUT2D eigenvalue weighted by atomic mass is 19.1. The minimum Gasteiger partial charge on any atom is -0.497 e. The lowest BCUT2D eigenvalue weighted by molar-refractivity contribution is 0.415. The maximum atomic E-state index is 13.3. The van der Waals surface area contributed by atoms with E-state index in [1.54, 1.807) is 25.3 Å². The van der Waals surface area contributed by atoms with Gasteiger partial charge in [0.25, 0.3) is 0 Å². The fraction of sp³-hybridized carbons (Fsp3) is 0.111. The quantitative estimate of drug-likeness (QED) is 0.727. The Morgan fingerprint density at radius 2 is 1.67 bits per heavy atom. The van der Waals surface area contributed by atoms with E-state index in [2.05, 4.69) is 20.6 Å². The van der Waals surface area contributed by atoms with E-state index in [0.717, 1.165) is 17.1 Å². The first-order chi connectivity index (χ1) is 11.6. The number of benzene rings is 2. The minimum atomic E-state index is -0.305. The lowest BCUT2D eigenvalue weighted by Gasteiger charge is -2.10. The normalized spacial score (nSPS) is 10.3. The molecule has 0 radical (unpaired) electrons. The molecular weight excluding hydrogens is 307 g/mol. The highest BCUT2D eigenvalue weighted by Crippen LogP contribution is 2.22. The van der Waals surface area contributed by atoms with Gasteiger partial charge in [0.05, 0.1) is 7.11 Å². The van der Waals surface area contributed by atoms with Crippen molar-refractivity contribution < 1.29 is 9.13 Å². The zero-order valence-corrected chi connectivity index (χ0v) is 13.4. The predicted molar refractivity (Wildman–Crippen MR) is 92.7 cm³/mol. The Hall–Kier alpha value is -3.15. The van der Waals surface area contributed by atoms with Gasteiger partial charge in [-0.25, -0.2) is 9.37 Å². The number of aromatic nitrogens is 2. The summed E-state index contributed by atoms with van der Waals surface area (Å²) >= 11 is 0. The molecule has 0 saturated heterocycles. The summed E-state index contributed by atoms with van der Waals surface area (Å²) < 4.78 is 18.5. The molecule has 0 aliphatic heterocycles. The monoisotopic (exact) mass is 324 g/mol. The number of rotatable bonds is 5. The Labute approximate surface area is 139 Å². The first-order valence-electron chi connectivity index (χ1n) is 7.42. The van der Waals surface area contributed by atoms with Gasteiger partial charge in [0.2, 0.25) is 5.95 Å². The molecule has 0 saturated carbocycles. The van der Waals surface area contributed by atoms with Crippen molar-refractivity contribution >= 4 is 23.1 Å². The molecule has 1 aromatic heterocycles. The van der Waals surface area contributed by atoms with Crippen LogP contribution in [0.1, 0.15) is 5.69 Å². The van der Waals surface area contributed by atoms with Crippen molar-refractivity contribution in [2.75, 3.05) is 17.7 Å². The largest absolute Gasteiger partial charge is 0.497 e. The molecule has 0 aliphatic rings. The number of aryl methyl sites for hydroxylation is 1. The van der Waals surface area contributed by atoms with E-state index >= 15 is 0 Å². The van der Waals surface area contributed by atoms with Crippen molar-refractivity contribution in [2.45, 2.75) is 6.92 Å². The van der Waals surface area contributed by atoms with Crippen molar-refractivity contribution in [3.8, 4) is 5.75 Å². The fourth-order valence-corrected chi connectivity index (χ4v) is 2.23. The second-order valence-corrected chi connectivity index (χ2v) is 5.21. The third-order valence-electron chi connectivity index (χ3n) is 3.28. The van der Waals surface area contributed by atoms with E-state index in [-0.39, 0.29) is 5.82 Å². The molecule has 0 aliphatic carbocycles. The molecular formula is C18H17FN4O. The van der Waals surface area contributed by atoms with Crippen molar-refractivity contribution in [2.24, 2.45) is 0 Å². The lowest BCUT2D eigenvalue weighted by Crippen LogP contribution is -2.02. The summed E-state index contributed by atoms with van der Waals surface area (Å²) in [6.45, 7) is 1.87. The molecule has 0 spiro atoms. The van der Waals surface area contributed by atoms with Crippen LogP contribution in [0.15, 0.2) is 54.6 Å². The van der Waals surface area contributed by atoms with Crippen LogP contribution in [0.25, 0.3) is 0 Å². The number of ether oxygens (including phenoxy) is 1. The number of hydrogen-bond donors (Lipinski definition) is 2. The van der Waals surface area contributed by atoms with Gasteiger partial charge in [0, 0.05) is 29.2 Å². The van der Waals surface area contributed by atoms with E-state index in [1.165, 1.54) is 12.1 Å². The Morgan fingerprint density at radius 1 is 0.917 bits per heavy atom. The van der Waals surface area contributed by atoms with Gasteiger partial charge < -0.3 is 15.4 Å². The number of nitrogens with zero attached hydrogens (tertiary/aromatic N) is 2. The third kappa shape index (κ3) is 3.98. The second-order valence-electron chi connectivity index (χ2n) is 5.21. The second kappa shape index (κ2) is 6.95. The Morgan fingerprint density at radius 3 is 2.42 bits per heavy atom. The molecule has 2 aromatic carbocycles. The van der Waals surface area contributed by atoms with E-state index in [4.69, 9.17) is 4.74 Å². The van der Waals surface area contributed by atoms with E-state index in [1.807, 2.05) is 31.2 Å². The van der Waals surface area contributed by atoms with Crippen LogP contribution in [0.4, 0.5) is 27.5 Å². The number of halogens is 1. The molecule has 3 aromatic rings. The molecule has 5 nitrogen and oxygen atoms in total. The first-order valence-corrected chi connectivity index (χ1v) is 7.42. The summed E-state index contributed by atoms with van der Waals surface area (Å²) in [5.41, 5.74) is 2.23. The van der Waals surface area contributed by atoms with Crippen molar-refractivity contribution in [1.82, 2.24) is 9.97 Å². The van der Waals surface area contributed by atoms with Crippen molar-refractivity contribution in [1.29, 1.82) is 0 Å². The standard InChI is InChI=1S/C18H17FN4O/c1-12-9-17(21-14-6-3-5-13(19)10-14)23-18(20-12)22-15-7-4-8-16(11-15)24-2/h3-11H,1-2H3,(H2,20,21,22,23). The van der Waals surface area contributed by atoms with Gasteiger partial charge in [-0.05, 0) is 37.3 Å². The maximum Gasteiger partial charge on any atom is 0.229 e. The van der Waals surface area contributed by atoms with Crippen molar-refractivity contribution in [3.05, 3.63) is 66.1 Å². The van der Waals surface area contributed by atoms with Crippen LogP contribution in [0.5, 0.6) is 5.75 Å². The van der Waals surface area contributed by atoms with Crippen LogP contribution in [-0.2, 0) is 0 Å². The molecule has 1 heterocycles. The summed E-state index contributed by atoms with van der Waals surface area (Å²) in [5, 5.41) is 6.22. The number of nitrogens with one attached hydrogen (secondary N) is 2. The topological polar surface area (TPSA) is 59.1 Å². The van der Waals surface area contributed by atoms with Crippen LogP contribution in [0, 0.1) is 12.7 Å². The molecule has 122 valence electrons. The molecule has 0 fully saturated rings. The molecule has 24 heavy (non-hydrogen) atoms. The number of hydrogen-bond acceptors (Lipinski definition) is 5. The molecule has 6 heteroatoms. The van der Waals surface area contributed by atoms with Gasteiger partial charge in [-0.2, -0.15) is 4.98 Å². The predicted octanol–water partition coefficient (Wildman–Crippen LogP) is 4.42. The summed E-state index contributed by atoms with van der Waals surface area (Å²) in [4.78, 5) is 8.78. The number of methoxy groups -OCH3 is 1. The summed E-state index contributed by atoms with van der Waals surface area (Å²) in [5.74, 6) is 1.46. The maximum absolute atomic E-state index is 13.3. The Bertz CT molecular complexity index is 854. The van der Waals surface area contributed by atoms with Gasteiger partial charge in [-0.1, -0.05) is 12.1 Å². The van der Waals surface area contributed by atoms with Gasteiger partial charge in [-0.3, -0.25) is 0 Å². The van der Waals surface area contributed by atoms with Crippen LogP contribution in [0.2, 0.25) is 0 Å². The van der Waals surface area contributed by atoms with Crippen LogP contribution >= 0.6 is 0 Å². The molecule has 2 N–H and O–H groups in total. The van der Waals surface area contributed by atoms with E-state index in [9.17, 15) is 4.39 Å². The Balaban J connectivity index is 1.83. The first kappa shape index (κ1) is 15.7. The van der Waals surface area contributed by atoms with Crippen molar-refractivity contribution in [3.63, 3.8) is 0 Å². The number of anilines is 4. The van der Waals surface area contributed by atoms with E-state index < -0.39 is 0 Å². The van der Waals surface area contributed by atoms with Crippen LogP contribution in [0.3, 0.4) is 0 Å². The zero-order chi connectivity index (χ0) is 16.9. The molecule has 0 atom stereocenters. The van der Waals surface area contributed by atoms with Crippen LogP contribution in [-0.4, -0.2) is 17.1 Å². The average Bonchev–Trinajstić information content (AvgIpc) is 2.54. The van der Waals surface area contributed by atoms with Gasteiger partial charge >= 0.3 is 0 Å². The minimum absolute atomic E-state index is 0.305. The summed E-state index contributed by atoms with van der Waals surface area (Å²) in [7, 11) is 1.61. The third-order valence-corrected chi connectivity index (χ3v) is 3.28. The smallest absolute Gasteiger partial charge is 0.229 e. The average molecular weight is 324 g/mol. The van der Waals surface area contributed by atoms with Crippen LogP contribution < -0.4 is 15.4 Å². The zero-order valence-electron chi connectivity index (χ0n) is 13.4. The lowest BCUT2D eigenvalue weighted by atomic mass is 10.3. The highest BCUT2D eigenvalue weighted by Gasteiger charge is 2.05. The van der Waals surface area contributed by atoms with Gasteiger partial charge in [0.15, 0.2) is 0 Å². The Kier molecular flexibility index (Phi) is 4.56. The molecule has 0 bridgehead atoms. The highest BCUT2D eigenvalue weighted by molar-refractivity contribution is 5.61. The summed E-state index contributed by atoms with van der Waals surface area (Å²) in [6, 6.07) is 15.5. The molecule has 0 amide bonds. The van der Waals surface area contributed by atoms with Gasteiger partial charge in [0.1, 0.15) is 17.4 Å². The molecule has 3 rings (SSSR count). The fourth-order valence-electron chi connectivity index (χ4n) is 2.23.